The van der Waals surface area contributed by atoms with Crippen molar-refractivity contribution in [1.29, 1.82) is 0 Å². The number of esters is 1. The molecule has 1 aliphatic rings. The van der Waals surface area contributed by atoms with E-state index in [0.29, 0.717) is 0 Å². The van der Waals surface area contributed by atoms with Gasteiger partial charge in [0.25, 0.3) is 0 Å². The number of aromatic nitrogens is 2. The normalized spacial score (nSPS) is 20.1. The lowest BCUT2D eigenvalue weighted by atomic mass is 10.1. The smallest absolute Gasteiger partial charge is 0.329 e. The number of nitro groups is 1. The van der Waals surface area contributed by atoms with Crippen molar-refractivity contribution < 1.29 is 23.2 Å². The first-order chi connectivity index (χ1) is 11.7. The van der Waals surface area contributed by atoms with E-state index < -0.39 is 41.0 Å². The van der Waals surface area contributed by atoms with E-state index in [1.165, 1.54) is 4.90 Å². The van der Waals surface area contributed by atoms with E-state index in [1.807, 2.05) is 0 Å². The van der Waals surface area contributed by atoms with Gasteiger partial charge < -0.3 is 9.64 Å². The Hall–Kier alpha value is -2.10. The van der Waals surface area contributed by atoms with Crippen LogP contribution in [-0.4, -0.2) is 46.0 Å². The average Bonchev–Trinajstić information content (AvgIpc) is 2.90. The Morgan fingerprint density at radius 3 is 2.80 bits per heavy atom. The maximum absolute atomic E-state index is 13.7. The van der Waals surface area contributed by atoms with Crippen molar-refractivity contribution in [3.63, 3.8) is 0 Å². The summed E-state index contributed by atoms with van der Waals surface area (Å²) in [6, 6.07) is -1.82. The van der Waals surface area contributed by atoms with E-state index in [4.69, 9.17) is 16.3 Å². The SMILES string of the molecule is CC[C@H](C(=O)OC)N(c1nc(Cl)ncc1[N+](=O)[O-])[C@@H]1CCC(F)(F)C1. The van der Waals surface area contributed by atoms with Gasteiger partial charge in [0.2, 0.25) is 17.0 Å². The van der Waals surface area contributed by atoms with Crippen molar-refractivity contribution >= 4 is 29.1 Å². The molecular formula is C14H17ClF2N4O4. The van der Waals surface area contributed by atoms with Crippen LogP contribution in [0.15, 0.2) is 6.20 Å². The monoisotopic (exact) mass is 378 g/mol. The summed E-state index contributed by atoms with van der Waals surface area (Å²) in [5.41, 5.74) is -0.512. The van der Waals surface area contributed by atoms with Crippen molar-refractivity contribution in [2.24, 2.45) is 0 Å². The second-order valence-electron chi connectivity index (χ2n) is 5.71. The fourth-order valence-electron chi connectivity index (χ4n) is 3.02. The number of halogens is 3. The van der Waals surface area contributed by atoms with Crippen LogP contribution in [-0.2, 0) is 9.53 Å². The minimum Gasteiger partial charge on any atom is -0.467 e. The number of alkyl halides is 2. The first-order valence-corrected chi connectivity index (χ1v) is 7.99. The van der Waals surface area contributed by atoms with Gasteiger partial charge in [0.1, 0.15) is 12.2 Å². The molecule has 0 N–H and O–H groups in total. The van der Waals surface area contributed by atoms with Crippen molar-refractivity contribution in [1.82, 2.24) is 9.97 Å². The Kier molecular flexibility index (Phi) is 5.71. The van der Waals surface area contributed by atoms with E-state index in [9.17, 15) is 23.7 Å². The molecule has 0 unspecified atom stereocenters. The van der Waals surface area contributed by atoms with E-state index in [-0.39, 0.29) is 30.4 Å². The van der Waals surface area contributed by atoms with Gasteiger partial charge in [-0.05, 0) is 24.4 Å². The van der Waals surface area contributed by atoms with Crippen LogP contribution in [0.5, 0.6) is 0 Å². The number of nitrogens with zero attached hydrogens (tertiary/aromatic N) is 4. The molecular weight excluding hydrogens is 362 g/mol. The molecule has 1 fully saturated rings. The summed E-state index contributed by atoms with van der Waals surface area (Å²) in [4.78, 5) is 31.4. The summed E-state index contributed by atoms with van der Waals surface area (Å²) < 4.78 is 32.2. The summed E-state index contributed by atoms with van der Waals surface area (Å²) in [7, 11) is 1.16. The zero-order chi connectivity index (χ0) is 18.8. The minimum atomic E-state index is -2.91. The molecule has 1 saturated carbocycles. The largest absolute Gasteiger partial charge is 0.467 e. The Bertz CT molecular complexity index is 676. The maximum atomic E-state index is 13.7. The number of ether oxygens (including phenoxy) is 1. The molecule has 1 heterocycles. The van der Waals surface area contributed by atoms with Gasteiger partial charge in [0, 0.05) is 18.9 Å². The van der Waals surface area contributed by atoms with Crippen LogP contribution in [0.4, 0.5) is 20.3 Å². The molecule has 0 radical (unpaired) electrons. The van der Waals surface area contributed by atoms with Crippen LogP contribution < -0.4 is 4.90 Å². The molecule has 138 valence electrons. The molecule has 1 aliphatic carbocycles. The molecule has 0 aromatic carbocycles. The third-order valence-corrected chi connectivity index (χ3v) is 4.31. The molecule has 1 aromatic heterocycles. The first-order valence-electron chi connectivity index (χ1n) is 7.61. The number of carbonyl (C=O) groups is 1. The fourth-order valence-corrected chi connectivity index (χ4v) is 3.15. The highest BCUT2D eigenvalue weighted by atomic mass is 35.5. The predicted octanol–water partition coefficient (Wildman–Crippen LogP) is 2.98. The van der Waals surface area contributed by atoms with Crippen LogP contribution in [0.1, 0.15) is 32.6 Å². The molecule has 0 spiro atoms. The predicted molar refractivity (Wildman–Crippen MR) is 84.9 cm³/mol. The molecule has 25 heavy (non-hydrogen) atoms. The molecule has 2 atom stereocenters. The van der Waals surface area contributed by atoms with Gasteiger partial charge in [-0.3, -0.25) is 10.1 Å². The van der Waals surface area contributed by atoms with Crippen LogP contribution >= 0.6 is 11.6 Å². The Balaban J connectivity index is 2.57. The Labute approximate surface area is 147 Å². The van der Waals surface area contributed by atoms with Crippen LogP contribution in [0.2, 0.25) is 5.28 Å². The quantitative estimate of drug-likeness (QED) is 0.325. The summed E-state index contributed by atoms with van der Waals surface area (Å²) in [5, 5.41) is 11.0. The van der Waals surface area contributed by atoms with Crippen LogP contribution in [0, 0.1) is 10.1 Å². The second kappa shape index (κ2) is 7.42. The molecule has 0 amide bonds. The summed E-state index contributed by atoms with van der Waals surface area (Å²) in [6.07, 6.45) is 0.221. The zero-order valence-corrected chi connectivity index (χ0v) is 14.4. The van der Waals surface area contributed by atoms with Gasteiger partial charge in [-0.15, -0.1) is 0 Å². The number of hydrogen-bond acceptors (Lipinski definition) is 7. The third kappa shape index (κ3) is 4.12. The van der Waals surface area contributed by atoms with Gasteiger partial charge >= 0.3 is 11.7 Å². The van der Waals surface area contributed by atoms with Gasteiger partial charge in [-0.1, -0.05) is 6.92 Å². The molecule has 0 aliphatic heterocycles. The number of methoxy groups -OCH3 is 1. The highest BCUT2D eigenvalue weighted by Gasteiger charge is 2.46. The van der Waals surface area contributed by atoms with Gasteiger partial charge in [-0.2, -0.15) is 4.98 Å². The van der Waals surface area contributed by atoms with Gasteiger partial charge in [0.05, 0.1) is 12.0 Å². The Morgan fingerprint density at radius 2 is 2.32 bits per heavy atom. The molecule has 0 bridgehead atoms. The van der Waals surface area contributed by atoms with Crippen molar-refractivity contribution in [2.45, 2.75) is 50.6 Å². The summed E-state index contributed by atoms with van der Waals surface area (Å²) >= 11 is 5.75. The van der Waals surface area contributed by atoms with Gasteiger partial charge in [-0.25, -0.2) is 18.6 Å². The average molecular weight is 379 g/mol. The zero-order valence-electron chi connectivity index (χ0n) is 13.6. The van der Waals surface area contributed by atoms with E-state index in [0.717, 1.165) is 13.3 Å². The lowest BCUT2D eigenvalue weighted by molar-refractivity contribution is -0.384. The summed E-state index contributed by atoms with van der Waals surface area (Å²) in [6.45, 7) is 1.65. The standard InChI is InChI=1S/C14H17ClF2N4O4/c1-3-9(12(22)25-2)20(8-4-5-14(16,17)6-8)11-10(21(23)24)7-18-13(15)19-11/h7-9H,3-6H2,1-2H3/t8-,9-/m1/s1. The number of rotatable bonds is 6. The highest BCUT2D eigenvalue weighted by molar-refractivity contribution is 6.28. The second-order valence-corrected chi connectivity index (χ2v) is 6.05. The highest BCUT2D eigenvalue weighted by Crippen LogP contribution is 2.41. The third-order valence-electron chi connectivity index (χ3n) is 4.13. The van der Waals surface area contributed by atoms with Crippen molar-refractivity contribution in [3.05, 3.63) is 21.6 Å². The fraction of sp³-hybridized carbons (Fsp3) is 0.643. The lowest BCUT2D eigenvalue weighted by Gasteiger charge is -2.34. The topological polar surface area (TPSA) is 98.5 Å². The van der Waals surface area contributed by atoms with E-state index in [2.05, 4.69) is 9.97 Å². The number of carbonyl (C=O) groups excluding carboxylic acids is 1. The Morgan fingerprint density at radius 1 is 1.64 bits per heavy atom. The van der Waals surface area contributed by atoms with Crippen LogP contribution in [0.3, 0.4) is 0 Å². The number of hydrogen-bond donors (Lipinski definition) is 0. The van der Waals surface area contributed by atoms with Crippen LogP contribution in [0.25, 0.3) is 0 Å². The molecule has 2 rings (SSSR count). The molecule has 1 aromatic rings. The first kappa shape index (κ1) is 19.2. The van der Waals surface area contributed by atoms with Crippen molar-refractivity contribution in [3.8, 4) is 0 Å². The van der Waals surface area contributed by atoms with E-state index in [1.54, 1.807) is 6.92 Å². The molecule has 11 heteroatoms. The molecule has 0 saturated heterocycles. The van der Waals surface area contributed by atoms with E-state index >= 15 is 0 Å². The maximum Gasteiger partial charge on any atom is 0.329 e. The van der Waals surface area contributed by atoms with Crippen molar-refractivity contribution in [2.75, 3.05) is 12.0 Å². The van der Waals surface area contributed by atoms with Gasteiger partial charge in [0.15, 0.2) is 0 Å². The molecule has 8 nitrogen and oxygen atoms in total. The lowest BCUT2D eigenvalue weighted by Crippen LogP contribution is -2.48. The minimum absolute atomic E-state index is 0.0548. The summed E-state index contributed by atoms with van der Waals surface area (Å²) in [5.74, 6) is -3.87. The number of anilines is 1.